The van der Waals surface area contributed by atoms with Crippen LogP contribution in [0.4, 0.5) is 10.5 Å². The molecule has 0 bridgehead atoms. The van der Waals surface area contributed by atoms with E-state index < -0.39 is 18.0 Å². The van der Waals surface area contributed by atoms with Crippen LogP contribution in [0.2, 0.25) is 0 Å². The number of benzene rings is 1. The molecule has 0 aliphatic rings. The number of hydrogen-bond donors (Lipinski definition) is 3. The quantitative estimate of drug-likeness (QED) is 0.627. The van der Waals surface area contributed by atoms with E-state index >= 15 is 0 Å². The zero-order chi connectivity index (χ0) is 18.8. The Kier molecular flexibility index (Phi) is 8.46. The van der Waals surface area contributed by atoms with Gasteiger partial charge in [0.05, 0.1) is 0 Å². The Balaban J connectivity index is 2.53. The molecule has 0 saturated carbocycles. The summed E-state index contributed by atoms with van der Waals surface area (Å²) in [5.41, 5.74) is 0.615. The fourth-order valence-electron chi connectivity index (χ4n) is 1.97. The van der Waals surface area contributed by atoms with Crippen molar-refractivity contribution >= 4 is 23.6 Å². The zero-order valence-corrected chi connectivity index (χ0v) is 15.2. The van der Waals surface area contributed by atoms with E-state index in [1.807, 2.05) is 19.9 Å². The summed E-state index contributed by atoms with van der Waals surface area (Å²) in [5.74, 6) is -1.19. The molecule has 0 radical (unpaired) electrons. The van der Waals surface area contributed by atoms with Crippen LogP contribution in [0.15, 0.2) is 30.3 Å². The summed E-state index contributed by atoms with van der Waals surface area (Å²) < 4.78 is 5.03. The first-order valence-electron chi connectivity index (χ1n) is 8.42. The molecular weight excluding hydrogens is 322 g/mol. The van der Waals surface area contributed by atoms with Gasteiger partial charge in [-0.05, 0) is 31.4 Å². The van der Waals surface area contributed by atoms with Gasteiger partial charge in [-0.15, -0.1) is 0 Å². The van der Waals surface area contributed by atoms with Gasteiger partial charge in [-0.3, -0.25) is 4.79 Å². The summed E-state index contributed by atoms with van der Waals surface area (Å²) in [6.45, 7) is 7.02. The second-order valence-electron chi connectivity index (χ2n) is 6.17. The Morgan fingerprint density at radius 2 is 1.68 bits per heavy atom. The highest BCUT2D eigenvalue weighted by molar-refractivity contribution is 5.93. The van der Waals surface area contributed by atoms with Crippen LogP contribution in [0, 0.1) is 5.92 Å². The number of anilines is 1. The maximum Gasteiger partial charge on any atom is 0.329 e. The van der Waals surface area contributed by atoms with Crippen LogP contribution in [-0.4, -0.2) is 36.6 Å². The number of esters is 1. The van der Waals surface area contributed by atoms with Gasteiger partial charge in [0.2, 0.25) is 0 Å². The van der Waals surface area contributed by atoms with Crippen LogP contribution in [0.1, 0.15) is 34.1 Å². The summed E-state index contributed by atoms with van der Waals surface area (Å²) in [7, 11) is 0. The maximum absolute atomic E-state index is 12.2. The number of urea groups is 1. The Morgan fingerprint density at radius 1 is 1.04 bits per heavy atom. The lowest BCUT2D eigenvalue weighted by atomic mass is 10.1. The van der Waals surface area contributed by atoms with Crippen LogP contribution in [0.25, 0.3) is 0 Å². The van der Waals surface area contributed by atoms with Crippen molar-refractivity contribution in [2.45, 2.75) is 46.2 Å². The van der Waals surface area contributed by atoms with Crippen LogP contribution in [0.3, 0.4) is 0 Å². The van der Waals surface area contributed by atoms with Gasteiger partial charge in [-0.2, -0.15) is 0 Å². The summed E-state index contributed by atoms with van der Waals surface area (Å²) in [6.07, 6.45) is 0.787. The Morgan fingerprint density at radius 3 is 2.24 bits per heavy atom. The van der Waals surface area contributed by atoms with Crippen molar-refractivity contribution in [3.63, 3.8) is 0 Å². The van der Waals surface area contributed by atoms with Gasteiger partial charge in [0.25, 0.3) is 5.91 Å². The Bertz CT molecular complexity index is 575. The fraction of sp³-hybridized carbons (Fsp3) is 0.500. The molecule has 25 heavy (non-hydrogen) atoms. The molecule has 0 aromatic heterocycles. The molecule has 138 valence electrons. The van der Waals surface area contributed by atoms with Gasteiger partial charge in [0.15, 0.2) is 6.61 Å². The Labute approximate surface area is 148 Å². The third kappa shape index (κ3) is 7.69. The standard InChI is InChI=1S/C18H27N3O4/c1-5-13(4)19-15(22)11-25-17(23)16(12(2)3)21-18(24)20-14-9-7-6-8-10-14/h6-10,12-13,16H,5,11H2,1-4H3,(H,19,22)(H2,20,21,24)/t13-,16-/m0/s1. The van der Waals surface area contributed by atoms with E-state index in [4.69, 9.17) is 4.74 Å². The van der Waals surface area contributed by atoms with Gasteiger partial charge < -0.3 is 20.7 Å². The molecule has 0 heterocycles. The highest BCUT2D eigenvalue weighted by Crippen LogP contribution is 2.07. The zero-order valence-electron chi connectivity index (χ0n) is 15.2. The van der Waals surface area contributed by atoms with E-state index in [0.29, 0.717) is 5.69 Å². The van der Waals surface area contributed by atoms with E-state index in [1.54, 1.807) is 38.1 Å². The summed E-state index contributed by atoms with van der Waals surface area (Å²) in [5, 5.41) is 7.94. The summed E-state index contributed by atoms with van der Waals surface area (Å²) in [6, 6.07) is 7.55. The maximum atomic E-state index is 12.2. The molecule has 0 saturated heterocycles. The highest BCUT2D eigenvalue weighted by atomic mass is 16.5. The largest absolute Gasteiger partial charge is 0.454 e. The minimum atomic E-state index is -0.847. The first-order valence-corrected chi connectivity index (χ1v) is 8.42. The molecule has 0 unspecified atom stereocenters. The molecule has 3 N–H and O–H groups in total. The van der Waals surface area contributed by atoms with Crippen LogP contribution in [0.5, 0.6) is 0 Å². The lowest BCUT2D eigenvalue weighted by Crippen LogP contribution is -2.47. The molecule has 7 nitrogen and oxygen atoms in total. The van der Waals surface area contributed by atoms with E-state index in [1.165, 1.54) is 0 Å². The van der Waals surface area contributed by atoms with Crippen molar-refractivity contribution in [2.24, 2.45) is 5.92 Å². The van der Waals surface area contributed by atoms with E-state index in [0.717, 1.165) is 6.42 Å². The molecule has 0 aliphatic heterocycles. The smallest absolute Gasteiger partial charge is 0.329 e. The molecule has 0 aliphatic carbocycles. The average Bonchev–Trinajstić information content (AvgIpc) is 2.58. The molecule has 0 spiro atoms. The van der Waals surface area contributed by atoms with Gasteiger partial charge in [-0.25, -0.2) is 9.59 Å². The third-order valence-corrected chi connectivity index (χ3v) is 3.60. The molecule has 1 aromatic carbocycles. The molecule has 2 atom stereocenters. The van der Waals surface area contributed by atoms with Crippen molar-refractivity contribution in [2.75, 3.05) is 11.9 Å². The van der Waals surface area contributed by atoms with Crippen LogP contribution >= 0.6 is 0 Å². The van der Waals surface area contributed by atoms with Crippen LogP contribution < -0.4 is 16.0 Å². The number of ether oxygens (including phenoxy) is 1. The van der Waals surface area contributed by atoms with Crippen molar-refractivity contribution in [1.82, 2.24) is 10.6 Å². The van der Waals surface area contributed by atoms with Gasteiger partial charge in [0.1, 0.15) is 6.04 Å². The average molecular weight is 349 g/mol. The number of para-hydroxylation sites is 1. The Hall–Kier alpha value is -2.57. The van der Waals surface area contributed by atoms with E-state index in [2.05, 4.69) is 16.0 Å². The molecule has 1 rings (SSSR count). The van der Waals surface area contributed by atoms with Gasteiger partial charge in [0, 0.05) is 11.7 Å². The number of rotatable bonds is 8. The molecule has 7 heteroatoms. The predicted octanol–water partition coefficient (Wildman–Crippen LogP) is 2.29. The minimum absolute atomic E-state index is 0.0156. The topological polar surface area (TPSA) is 96.5 Å². The lowest BCUT2D eigenvalue weighted by molar-refractivity contribution is -0.151. The SMILES string of the molecule is CC[C@H](C)NC(=O)COC(=O)[C@@H](NC(=O)Nc1ccccc1)C(C)C. The van der Waals surface area contributed by atoms with Gasteiger partial charge in [-0.1, -0.05) is 39.0 Å². The van der Waals surface area contributed by atoms with E-state index in [-0.39, 0.29) is 24.5 Å². The third-order valence-electron chi connectivity index (χ3n) is 3.60. The molecule has 1 aromatic rings. The number of nitrogens with one attached hydrogen (secondary N) is 3. The summed E-state index contributed by atoms with van der Waals surface area (Å²) in [4.78, 5) is 35.9. The number of carbonyl (C=O) groups excluding carboxylic acids is 3. The number of hydrogen-bond acceptors (Lipinski definition) is 4. The van der Waals surface area contributed by atoms with E-state index in [9.17, 15) is 14.4 Å². The second-order valence-corrected chi connectivity index (χ2v) is 6.17. The van der Waals surface area contributed by atoms with Crippen molar-refractivity contribution in [3.05, 3.63) is 30.3 Å². The molecular formula is C18H27N3O4. The van der Waals surface area contributed by atoms with Crippen LogP contribution in [-0.2, 0) is 14.3 Å². The minimum Gasteiger partial charge on any atom is -0.454 e. The molecule has 0 fully saturated rings. The number of carbonyl (C=O) groups is 3. The normalized spacial score (nSPS) is 12.8. The monoisotopic (exact) mass is 349 g/mol. The predicted molar refractivity (Wildman–Crippen MR) is 96.1 cm³/mol. The molecule has 3 amide bonds. The first-order chi connectivity index (χ1) is 11.8. The van der Waals surface area contributed by atoms with Crippen molar-refractivity contribution < 1.29 is 19.1 Å². The van der Waals surface area contributed by atoms with Crippen molar-refractivity contribution in [3.8, 4) is 0 Å². The second kappa shape index (κ2) is 10.3. The first kappa shape index (κ1) is 20.5. The lowest BCUT2D eigenvalue weighted by Gasteiger charge is -2.21. The summed E-state index contributed by atoms with van der Waals surface area (Å²) >= 11 is 0. The fourth-order valence-corrected chi connectivity index (χ4v) is 1.97. The highest BCUT2D eigenvalue weighted by Gasteiger charge is 2.26. The van der Waals surface area contributed by atoms with Crippen molar-refractivity contribution in [1.29, 1.82) is 0 Å². The van der Waals surface area contributed by atoms with Gasteiger partial charge >= 0.3 is 12.0 Å². The number of amides is 3.